The van der Waals surface area contributed by atoms with Gasteiger partial charge < -0.3 is 4.57 Å². The fraction of sp³-hybridized carbons (Fsp3) is 0.188. The smallest absolute Gasteiger partial charge is 0.240 e. The highest BCUT2D eigenvalue weighted by Gasteiger charge is 2.13. The summed E-state index contributed by atoms with van der Waals surface area (Å²) in [4.78, 5) is 4.57. The molecule has 22 heavy (non-hydrogen) atoms. The van der Waals surface area contributed by atoms with Crippen LogP contribution in [0.2, 0.25) is 0 Å². The second-order valence-corrected chi connectivity index (χ2v) is 6.90. The molecule has 1 heterocycles. The van der Waals surface area contributed by atoms with Gasteiger partial charge in [0.1, 0.15) is 0 Å². The summed E-state index contributed by atoms with van der Waals surface area (Å²) in [5.41, 5.74) is 2.93. The zero-order valence-corrected chi connectivity index (χ0v) is 13.0. The van der Waals surface area contributed by atoms with Crippen LogP contribution in [0.1, 0.15) is 5.56 Å². The van der Waals surface area contributed by atoms with Crippen LogP contribution in [-0.2, 0) is 16.6 Å². The van der Waals surface area contributed by atoms with Crippen LogP contribution < -0.4 is 4.72 Å². The molecule has 0 aliphatic heterocycles. The number of hydrogen-bond donors (Lipinski definition) is 1. The van der Waals surface area contributed by atoms with Gasteiger partial charge in [-0.1, -0.05) is 29.8 Å². The first-order valence-electron chi connectivity index (χ1n) is 7.02. The molecule has 0 radical (unpaired) electrons. The Hall–Kier alpha value is -2.18. The minimum Gasteiger partial charge on any atom is -0.329 e. The molecule has 0 amide bonds. The van der Waals surface area contributed by atoms with Crippen LogP contribution in [0.3, 0.4) is 0 Å². The highest BCUT2D eigenvalue weighted by molar-refractivity contribution is 7.89. The molecule has 5 nitrogen and oxygen atoms in total. The standard InChI is InChI=1S/C16H17N3O2S/c1-13-6-8-14(9-7-13)22(20,21)18-10-11-19-12-17-15-4-2-3-5-16(15)19/h2-9,12,18H,10-11H2,1H3. The molecule has 0 aliphatic carbocycles. The molecule has 114 valence electrons. The van der Waals surface area contributed by atoms with E-state index in [0.29, 0.717) is 13.1 Å². The van der Waals surface area contributed by atoms with E-state index in [9.17, 15) is 8.42 Å². The minimum atomic E-state index is -3.47. The Balaban J connectivity index is 1.68. The maximum atomic E-state index is 12.2. The first-order valence-corrected chi connectivity index (χ1v) is 8.51. The fourth-order valence-corrected chi connectivity index (χ4v) is 3.31. The van der Waals surface area contributed by atoms with E-state index in [1.165, 1.54) is 0 Å². The van der Waals surface area contributed by atoms with E-state index in [4.69, 9.17) is 0 Å². The Bertz CT molecular complexity index is 883. The van der Waals surface area contributed by atoms with Crippen molar-refractivity contribution < 1.29 is 8.42 Å². The third-order valence-corrected chi connectivity index (χ3v) is 4.98. The molecule has 0 bridgehead atoms. The molecule has 3 aromatic rings. The van der Waals surface area contributed by atoms with Crippen molar-refractivity contribution in [1.82, 2.24) is 14.3 Å². The summed E-state index contributed by atoms with van der Waals surface area (Å²) in [5, 5.41) is 0. The summed E-state index contributed by atoms with van der Waals surface area (Å²) >= 11 is 0. The van der Waals surface area contributed by atoms with Gasteiger partial charge in [0.15, 0.2) is 0 Å². The molecule has 0 saturated carbocycles. The molecule has 0 aliphatic rings. The van der Waals surface area contributed by atoms with Gasteiger partial charge in [0.05, 0.1) is 22.3 Å². The van der Waals surface area contributed by atoms with Gasteiger partial charge in [0.25, 0.3) is 0 Å². The predicted molar refractivity (Wildman–Crippen MR) is 86.1 cm³/mol. The van der Waals surface area contributed by atoms with Crippen LogP contribution in [0.25, 0.3) is 11.0 Å². The third-order valence-electron chi connectivity index (χ3n) is 3.50. The third kappa shape index (κ3) is 3.03. The Kier molecular flexibility index (Phi) is 3.96. The SMILES string of the molecule is Cc1ccc(S(=O)(=O)NCCn2cnc3ccccc32)cc1. The van der Waals surface area contributed by atoms with Gasteiger partial charge >= 0.3 is 0 Å². The Labute approximate surface area is 129 Å². The summed E-state index contributed by atoms with van der Waals surface area (Å²) in [5.74, 6) is 0. The highest BCUT2D eigenvalue weighted by Crippen LogP contribution is 2.12. The van der Waals surface area contributed by atoms with Crippen LogP contribution in [0.5, 0.6) is 0 Å². The van der Waals surface area contributed by atoms with Gasteiger partial charge in [-0.2, -0.15) is 0 Å². The van der Waals surface area contributed by atoms with Crippen molar-refractivity contribution in [3.63, 3.8) is 0 Å². The average Bonchev–Trinajstić information content (AvgIpc) is 2.91. The van der Waals surface area contributed by atoms with Crippen molar-refractivity contribution in [1.29, 1.82) is 0 Å². The molecule has 1 aromatic heterocycles. The van der Waals surface area contributed by atoms with Crippen molar-refractivity contribution in [3.05, 3.63) is 60.4 Å². The topological polar surface area (TPSA) is 64.0 Å². The summed E-state index contributed by atoms with van der Waals surface area (Å²) in [7, 11) is -3.47. The molecule has 0 fully saturated rings. The lowest BCUT2D eigenvalue weighted by molar-refractivity contribution is 0.574. The minimum absolute atomic E-state index is 0.286. The molecule has 3 rings (SSSR count). The van der Waals surface area contributed by atoms with Crippen molar-refractivity contribution >= 4 is 21.1 Å². The Morgan fingerprint density at radius 1 is 1.09 bits per heavy atom. The van der Waals surface area contributed by atoms with E-state index in [1.807, 2.05) is 35.8 Å². The monoisotopic (exact) mass is 315 g/mol. The van der Waals surface area contributed by atoms with Crippen LogP contribution in [-0.4, -0.2) is 24.5 Å². The fourth-order valence-electron chi connectivity index (χ4n) is 2.29. The van der Waals surface area contributed by atoms with Gasteiger partial charge in [-0.15, -0.1) is 0 Å². The Morgan fingerprint density at radius 2 is 1.82 bits per heavy atom. The summed E-state index contributed by atoms with van der Waals surface area (Å²) in [6.45, 7) is 2.77. The van der Waals surface area contributed by atoms with Crippen molar-refractivity contribution in [2.24, 2.45) is 0 Å². The summed E-state index contributed by atoms with van der Waals surface area (Å²) in [6, 6.07) is 14.6. The largest absolute Gasteiger partial charge is 0.329 e. The summed E-state index contributed by atoms with van der Waals surface area (Å²) < 4.78 is 29.0. The first-order chi connectivity index (χ1) is 10.6. The number of imidazole rings is 1. The average molecular weight is 315 g/mol. The normalized spacial score (nSPS) is 11.9. The van der Waals surface area contributed by atoms with E-state index in [1.54, 1.807) is 30.6 Å². The molecular weight excluding hydrogens is 298 g/mol. The Morgan fingerprint density at radius 3 is 2.59 bits per heavy atom. The maximum absolute atomic E-state index is 12.2. The van der Waals surface area contributed by atoms with E-state index in [2.05, 4.69) is 9.71 Å². The number of rotatable bonds is 5. The molecule has 0 spiro atoms. The number of aryl methyl sites for hydroxylation is 1. The number of nitrogens with one attached hydrogen (secondary N) is 1. The lowest BCUT2D eigenvalue weighted by atomic mass is 10.2. The maximum Gasteiger partial charge on any atom is 0.240 e. The van der Waals surface area contributed by atoms with Gasteiger partial charge in [0.2, 0.25) is 10.0 Å². The molecule has 6 heteroatoms. The van der Waals surface area contributed by atoms with E-state index in [-0.39, 0.29) is 4.90 Å². The van der Waals surface area contributed by atoms with E-state index >= 15 is 0 Å². The quantitative estimate of drug-likeness (QED) is 0.786. The second-order valence-electron chi connectivity index (χ2n) is 5.14. The zero-order valence-electron chi connectivity index (χ0n) is 12.2. The van der Waals surface area contributed by atoms with Crippen molar-refractivity contribution in [3.8, 4) is 0 Å². The first kappa shape index (κ1) is 14.7. The lowest BCUT2D eigenvalue weighted by Crippen LogP contribution is -2.27. The molecule has 0 atom stereocenters. The number of para-hydroxylation sites is 2. The van der Waals surface area contributed by atoms with Crippen LogP contribution in [0, 0.1) is 6.92 Å². The van der Waals surface area contributed by atoms with Gasteiger partial charge in [-0.05, 0) is 31.2 Å². The molecule has 2 aromatic carbocycles. The molecule has 0 unspecified atom stereocenters. The second kappa shape index (κ2) is 5.90. The lowest BCUT2D eigenvalue weighted by Gasteiger charge is -2.08. The predicted octanol–water partition coefficient (Wildman–Crippen LogP) is 2.32. The number of fused-ring (bicyclic) bond motifs is 1. The molecule has 1 N–H and O–H groups in total. The van der Waals surface area contributed by atoms with Gasteiger partial charge in [-0.3, -0.25) is 0 Å². The van der Waals surface area contributed by atoms with Crippen LogP contribution in [0.4, 0.5) is 0 Å². The number of sulfonamides is 1. The number of benzene rings is 2. The number of hydrogen-bond acceptors (Lipinski definition) is 3. The van der Waals surface area contributed by atoms with E-state index < -0.39 is 10.0 Å². The number of nitrogens with zero attached hydrogens (tertiary/aromatic N) is 2. The van der Waals surface area contributed by atoms with Gasteiger partial charge in [0, 0.05) is 13.1 Å². The van der Waals surface area contributed by atoms with Crippen molar-refractivity contribution in [2.45, 2.75) is 18.4 Å². The van der Waals surface area contributed by atoms with Crippen LogP contribution in [0.15, 0.2) is 59.8 Å². The highest BCUT2D eigenvalue weighted by atomic mass is 32.2. The van der Waals surface area contributed by atoms with Crippen LogP contribution >= 0.6 is 0 Å². The van der Waals surface area contributed by atoms with Gasteiger partial charge in [-0.25, -0.2) is 18.1 Å². The molecular formula is C16H17N3O2S. The zero-order chi connectivity index (χ0) is 15.6. The summed E-state index contributed by atoms with van der Waals surface area (Å²) in [6.07, 6.45) is 1.73. The van der Waals surface area contributed by atoms with E-state index in [0.717, 1.165) is 16.6 Å². The number of aromatic nitrogens is 2. The van der Waals surface area contributed by atoms with Crippen molar-refractivity contribution in [2.75, 3.05) is 6.54 Å². The molecule has 0 saturated heterocycles.